The van der Waals surface area contributed by atoms with Gasteiger partial charge in [0.05, 0.1) is 5.56 Å². The molecule has 0 aliphatic carbocycles. The third-order valence-corrected chi connectivity index (χ3v) is 3.09. The molecule has 0 aliphatic rings. The molecule has 1 aromatic rings. The largest absolute Gasteiger partial charge is 0.504 e. The summed E-state index contributed by atoms with van der Waals surface area (Å²) in [5, 5.41) is 21.6. The van der Waals surface area contributed by atoms with E-state index in [1.807, 2.05) is 0 Å². The van der Waals surface area contributed by atoms with E-state index in [0.29, 0.717) is 6.54 Å². The number of aromatic hydroxyl groups is 2. The van der Waals surface area contributed by atoms with Crippen LogP contribution in [0.5, 0.6) is 11.5 Å². The Kier molecular flexibility index (Phi) is 6.15. The highest BCUT2D eigenvalue weighted by Gasteiger charge is 2.13. The zero-order chi connectivity index (χ0) is 14.3. The quantitative estimate of drug-likeness (QED) is 0.517. The Morgan fingerprint density at radius 1 is 1.26 bits per heavy atom. The van der Waals surface area contributed by atoms with Crippen LogP contribution in [-0.2, 0) is 0 Å². The molecule has 3 N–H and O–H groups in total. The van der Waals surface area contributed by atoms with Gasteiger partial charge in [0, 0.05) is 6.54 Å². The first-order chi connectivity index (χ1) is 9.10. The number of hydrogen-bond acceptors (Lipinski definition) is 4. The number of phenolic OH excluding ortho intramolecular Hbond substituents is 2. The van der Waals surface area contributed by atoms with Crippen molar-refractivity contribution in [1.29, 1.82) is 0 Å². The van der Waals surface area contributed by atoms with Crippen LogP contribution in [0.4, 0.5) is 0 Å². The van der Waals surface area contributed by atoms with Crippen LogP contribution in [0.15, 0.2) is 18.2 Å². The molecule has 0 atom stereocenters. The van der Waals surface area contributed by atoms with Crippen LogP contribution in [0.1, 0.15) is 30.6 Å². The minimum absolute atomic E-state index is 0.0999. The normalized spacial score (nSPS) is 10.7. The van der Waals surface area contributed by atoms with Crippen molar-refractivity contribution < 1.29 is 15.0 Å². The molecule has 0 bridgehead atoms. The van der Waals surface area contributed by atoms with E-state index in [9.17, 15) is 15.0 Å². The van der Waals surface area contributed by atoms with E-state index in [1.165, 1.54) is 18.2 Å². The van der Waals surface area contributed by atoms with Crippen molar-refractivity contribution >= 4 is 5.91 Å². The average molecular weight is 266 g/mol. The predicted molar refractivity (Wildman–Crippen MR) is 74.5 cm³/mol. The van der Waals surface area contributed by atoms with E-state index in [-0.39, 0.29) is 23.0 Å². The lowest BCUT2D eigenvalue weighted by atomic mass is 10.1. The van der Waals surface area contributed by atoms with Gasteiger partial charge < -0.3 is 20.4 Å². The summed E-state index contributed by atoms with van der Waals surface area (Å²) in [6, 6.07) is 4.35. The number of rotatable bonds is 7. The van der Waals surface area contributed by atoms with Gasteiger partial charge in [0.2, 0.25) is 0 Å². The number of benzene rings is 1. The van der Waals surface area contributed by atoms with E-state index in [4.69, 9.17) is 0 Å². The van der Waals surface area contributed by atoms with E-state index in [1.54, 1.807) is 0 Å². The van der Waals surface area contributed by atoms with Crippen molar-refractivity contribution in [3.05, 3.63) is 23.8 Å². The zero-order valence-electron chi connectivity index (χ0n) is 11.5. The third kappa shape index (κ3) is 4.44. The topological polar surface area (TPSA) is 72.8 Å². The Morgan fingerprint density at radius 3 is 2.58 bits per heavy atom. The Balaban J connectivity index is 2.41. The van der Waals surface area contributed by atoms with Gasteiger partial charge >= 0.3 is 0 Å². The second-order valence-corrected chi connectivity index (χ2v) is 4.31. The van der Waals surface area contributed by atoms with E-state index >= 15 is 0 Å². The highest BCUT2D eigenvalue weighted by atomic mass is 16.3. The SMILES string of the molecule is CCN(CC)CCCNC(=O)c1cccc(O)c1O. The summed E-state index contributed by atoms with van der Waals surface area (Å²) in [5.74, 6) is -1.02. The second kappa shape index (κ2) is 7.63. The minimum atomic E-state index is -0.372. The molecular formula is C14H22N2O3. The molecule has 0 spiro atoms. The molecule has 0 saturated carbocycles. The summed E-state index contributed by atoms with van der Waals surface area (Å²) in [6.07, 6.45) is 0.854. The number of phenols is 2. The van der Waals surface area contributed by atoms with Gasteiger partial charge in [-0.2, -0.15) is 0 Å². The molecular weight excluding hydrogens is 244 g/mol. The molecule has 5 nitrogen and oxygen atoms in total. The maximum Gasteiger partial charge on any atom is 0.255 e. The third-order valence-electron chi connectivity index (χ3n) is 3.09. The van der Waals surface area contributed by atoms with Crippen molar-refractivity contribution in [2.75, 3.05) is 26.2 Å². The smallest absolute Gasteiger partial charge is 0.255 e. The number of nitrogens with zero attached hydrogens (tertiary/aromatic N) is 1. The maximum absolute atomic E-state index is 11.8. The lowest BCUT2D eigenvalue weighted by molar-refractivity contribution is 0.0948. The first-order valence-electron chi connectivity index (χ1n) is 6.61. The average Bonchev–Trinajstić information content (AvgIpc) is 2.42. The number of carbonyl (C=O) groups excluding carboxylic acids is 1. The van der Waals surface area contributed by atoms with Crippen molar-refractivity contribution in [3.63, 3.8) is 0 Å². The maximum atomic E-state index is 11.8. The van der Waals surface area contributed by atoms with Crippen molar-refractivity contribution in [2.24, 2.45) is 0 Å². The summed E-state index contributed by atoms with van der Waals surface area (Å²) in [7, 11) is 0. The summed E-state index contributed by atoms with van der Waals surface area (Å²) in [5.41, 5.74) is 0.0999. The van der Waals surface area contributed by atoms with Gasteiger partial charge in [0.15, 0.2) is 11.5 Å². The molecule has 1 aromatic carbocycles. The molecule has 106 valence electrons. The Bertz CT molecular complexity index is 417. The van der Waals surface area contributed by atoms with Gasteiger partial charge in [0.25, 0.3) is 5.91 Å². The van der Waals surface area contributed by atoms with Crippen LogP contribution >= 0.6 is 0 Å². The summed E-state index contributed by atoms with van der Waals surface area (Å²) in [4.78, 5) is 14.1. The molecule has 0 radical (unpaired) electrons. The molecule has 0 aliphatic heterocycles. The molecule has 0 unspecified atom stereocenters. The molecule has 1 rings (SSSR count). The Hall–Kier alpha value is -1.75. The van der Waals surface area contributed by atoms with Crippen LogP contribution in [0.2, 0.25) is 0 Å². The zero-order valence-corrected chi connectivity index (χ0v) is 11.5. The van der Waals surface area contributed by atoms with Crippen molar-refractivity contribution in [3.8, 4) is 11.5 Å². The monoisotopic (exact) mass is 266 g/mol. The Labute approximate surface area is 113 Å². The number of hydrogen-bond donors (Lipinski definition) is 3. The number of para-hydroxylation sites is 1. The summed E-state index contributed by atoms with van der Waals surface area (Å²) in [6.45, 7) is 7.68. The highest BCUT2D eigenvalue weighted by Crippen LogP contribution is 2.27. The van der Waals surface area contributed by atoms with Crippen LogP contribution in [0.25, 0.3) is 0 Å². The first kappa shape index (κ1) is 15.3. The van der Waals surface area contributed by atoms with Gasteiger partial charge in [-0.15, -0.1) is 0 Å². The molecule has 1 amide bonds. The van der Waals surface area contributed by atoms with Gasteiger partial charge in [0.1, 0.15) is 0 Å². The standard InChI is InChI=1S/C14H22N2O3/c1-3-16(4-2)10-6-9-15-14(19)11-7-5-8-12(17)13(11)18/h5,7-8,17-18H,3-4,6,9-10H2,1-2H3,(H,15,19). The summed E-state index contributed by atoms with van der Waals surface area (Å²) < 4.78 is 0. The molecule has 5 heteroatoms. The minimum Gasteiger partial charge on any atom is -0.504 e. The van der Waals surface area contributed by atoms with Gasteiger partial charge in [-0.1, -0.05) is 19.9 Å². The van der Waals surface area contributed by atoms with E-state index in [2.05, 4.69) is 24.1 Å². The molecule has 0 fully saturated rings. The molecule has 0 heterocycles. The second-order valence-electron chi connectivity index (χ2n) is 4.31. The van der Waals surface area contributed by atoms with Gasteiger partial charge in [-0.05, 0) is 38.2 Å². The fourth-order valence-electron chi connectivity index (χ4n) is 1.85. The van der Waals surface area contributed by atoms with Crippen LogP contribution in [-0.4, -0.2) is 47.2 Å². The van der Waals surface area contributed by atoms with Gasteiger partial charge in [-0.25, -0.2) is 0 Å². The fraction of sp³-hybridized carbons (Fsp3) is 0.500. The van der Waals surface area contributed by atoms with E-state index in [0.717, 1.165) is 26.1 Å². The van der Waals surface area contributed by atoms with Crippen LogP contribution in [0.3, 0.4) is 0 Å². The lowest BCUT2D eigenvalue weighted by Crippen LogP contribution is -2.29. The Morgan fingerprint density at radius 2 is 1.95 bits per heavy atom. The molecule has 19 heavy (non-hydrogen) atoms. The highest BCUT2D eigenvalue weighted by molar-refractivity contribution is 5.97. The number of nitrogens with one attached hydrogen (secondary N) is 1. The predicted octanol–water partition coefficient (Wildman–Crippen LogP) is 1.56. The van der Waals surface area contributed by atoms with E-state index < -0.39 is 0 Å². The van der Waals surface area contributed by atoms with Crippen molar-refractivity contribution in [1.82, 2.24) is 10.2 Å². The number of carbonyl (C=O) groups is 1. The number of amides is 1. The van der Waals surface area contributed by atoms with Crippen LogP contribution in [0, 0.1) is 0 Å². The molecule has 0 saturated heterocycles. The fourth-order valence-corrected chi connectivity index (χ4v) is 1.85. The lowest BCUT2D eigenvalue weighted by Gasteiger charge is -2.17. The van der Waals surface area contributed by atoms with Crippen molar-refractivity contribution in [2.45, 2.75) is 20.3 Å². The first-order valence-corrected chi connectivity index (χ1v) is 6.61. The molecule has 0 aromatic heterocycles. The summed E-state index contributed by atoms with van der Waals surface area (Å²) >= 11 is 0. The van der Waals surface area contributed by atoms with Crippen LogP contribution < -0.4 is 5.32 Å². The van der Waals surface area contributed by atoms with Gasteiger partial charge in [-0.3, -0.25) is 4.79 Å².